The lowest BCUT2D eigenvalue weighted by molar-refractivity contribution is -0.121. The minimum absolute atomic E-state index is 0.0484. The third kappa shape index (κ3) is 4.58. The van der Waals surface area contributed by atoms with Crippen molar-refractivity contribution in [1.82, 2.24) is 19.9 Å². The van der Waals surface area contributed by atoms with Crippen molar-refractivity contribution in [3.05, 3.63) is 83.9 Å². The van der Waals surface area contributed by atoms with E-state index in [9.17, 15) is 4.79 Å². The summed E-state index contributed by atoms with van der Waals surface area (Å²) in [4.78, 5) is 21.2. The molecule has 2 aromatic heterocycles. The van der Waals surface area contributed by atoms with Crippen molar-refractivity contribution in [3.63, 3.8) is 0 Å². The first kappa shape index (κ1) is 19.8. The summed E-state index contributed by atoms with van der Waals surface area (Å²) in [6, 6.07) is 15.7. The quantitative estimate of drug-likeness (QED) is 0.482. The topological polar surface area (TPSA) is 69.0 Å². The monoisotopic (exact) mass is 418 g/mol. The molecule has 4 aromatic rings. The predicted molar refractivity (Wildman–Crippen MR) is 118 cm³/mol. The van der Waals surface area contributed by atoms with E-state index >= 15 is 0 Å². The highest BCUT2D eigenvalue weighted by atomic mass is 32.1. The van der Waals surface area contributed by atoms with Crippen LogP contribution in [-0.4, -0.2) is 27.6 Å². The van der Waals surface area contributed by atoms with Crippen LogP contribution in [0.4, 0.5) is 0 Å². The van der Waals surface area contributed by atoms with Gasteiger partial charge in [-0.1, -0.05) is 12.1 Å². The number of carbonyl (C=O) groups excluding carboxylic acids is 1. The number of methoxy groups -OCH3 is 1. The Morgan fingerprint density at radius 3 is 2.60 bits per heavy atom. The third-order valence-electron chi connectivity index (χ3n) is 4.80. The summed E-state index contributed by atoms with van der Waals surface area (Å²) in [5, 5.41) is 5.88. The molecule has 6 nitrogen and oxygen atoms in total. The Kier molecular flexibility index (Phi) is 5.90. The summed E-state index contributed by atoms with van der Waals surface area (Å²) in [5.74, 6) is 0.759. The molecule has 1 atom stereocenters. The van der Waals surface area contributed by atoms with Crippen molar-refractivity contribution in [1.29, 1.82) is 0 Å². The van der Waals surface area contributed by atoms with Crippen LogP contribution < -0.4 is 10.1 Å². The molecule has 2 aromatic carbocycles. The Labute approximate surface area is 179 Å². The molecule has 30 heavy (non-hydrogen) atoms. The van der Waals surface area contributed by atoms with Crippen molar-refractivity contribution < 1.29 is 9.53 Å². The normalized spacial score (nSPS) is 11.8. The highest BCUT2D eigenvalue weighted by molar-refractivity contribution is 7.13. The fraction of sp³-hybridized carbons (Fsp3) is 0.174. The maximum Gasteiger partial charge on any atom is 0.226 e. The first-order chi connectivity index (χ1) is 14.6. The number of carbonyl (C=O) groups is 1. The molecular weight excluding hydrogens is 396 g/mol. The summed E-state index contributed by atoms with van der Waals surface area (Å²) in [6.07, 6.45) is 5.65. The van der Waals surface area contributed by atoms with Gasteiger partial charge in [0.2, 0.25) is 5.91 Å². The summed E-state index contributed by atoms with van der Waals surface area (Å²) >= 11 is 1.53. The van der Waals surface area contributed by atoms with Gasteiger partial charge in [0.15, 0.2) is 0 Å². The van der Waals surface area contributed by atoms with E-state index in [1.165, 1.54) is 11.3 Å². The van der Waals surface area contributed by atoms with Crippen LogP contribution in [-0.2, 0) is 11.2 Å². The molecule has 0 spiro atoms. The number of hydrogen-bond donors (Lipinski definition) is 1. The predicted octanol–water partition coefficient (Wildman–Crippen LogP) is 4.42. The van der Waals surface area contributed by atoms with Crippen LogP contribution in [0, 0.1) is 0 Å². The molecule has 0 aliphatic carbocycles. The second kappa shape index (κ2) is 8.92. The minimum Gasteiger partial charge on any atom is -0.497 e. The second-order valence-electron chi connectivity index (χ2n) is 6.90. The SMILES string of the molecule is COc1ccc(-c2nc(CC(=O)N[C@H](C)c3ccc(-n4ccnc4)cc3)cs2)cc1. The average molecular weight is 419 g/mol. The molecule has 7 heteroatoms. The van der Waals surface area contributed by atoms with Crippen molar-refractivity contribution in [2.45, 2.75) is 19.4 Å². The number of benzene rings is 2. The largest absolute Gasteiger partial charge is 0.497 e. The lowest BCUT2D eigenvalue weighted by Crippen LogP contribution is -2.28. The fourth-order valence-corrected chi connectivity index (χ4v) is 3.97. The molecule has 0 radical (unpaired) electrons. The molecular formula is C23H22N4O2S. The zero-order chi connectivity index (χ0) is 20.9. The molecule has 0 saturated carbocycles. The average Bonchev–Trinajstić information content (AvgIpc) is 3.46. The maximum atomic E-state index is 12.5. The Bertz CT molecular complexity index is 1100. The van der Waals surface area contributed by atoms with Crippen LogP contribution in [0.5, 0.6) is 5.75 Å². The van der Waals surface area contributed by atoms with Crippen LogP contribution >= 0.6 is 11.3 Å². The lowest BCUT2D eigenvalue weighted by atomic mass is 10.1. The van der Waals surface area contributed by atoms with Crippen LogP contribution in [0.25, 0.3) is 16.3 Å². The van der Waals surface area contributed by atoms with Gasteiger partial charge in [-0.3, -0.25) is 4.79 Å². The molecule has 0 aliphatic heterocycles. The van der Waals surface area contributed by atoms with E-state index in [0.29, 0.717) is 0 Å². The summed E-state index contributed by atoms with van der Waals surface area (Å²) in [5.41, 5.74) is 3.86. The van der Waals surface area contributed by atoms with Crippen LogP contribution in [0.3, 0.4) is 0 Å². The summed E-state index contributed by atoms with van der Waals surface area (Å²) in [7, 11) is 1.64. The molecule has 0 saturated heterocycles. The van der Waals surface area contributed by atoms with Crippen LogP contribution in [0.15, 0.2) is 72.6 Å². The smallest absolute Gasteiger partial charge is 0.226 e. The Balaban J connectivity index is 1.35. The van der Waals surface area contributed by atoms with Gasteiger partial charge in [-0.15, -0.1) is 11.3 Å². The fourth-order valence-electron chi connectivity index (χ4n) is 3.14. The van der Waals surface area contributed by atoms with E-state index in [0.717, 1.165) is 33.3 Å². The Morgan fingerprint density at radius 1 is 1.17 bits per heavy atom. The molecule has 4 rings (SSSR count). The molecule has 152 valence electrons. The summed E-state index contributed by atoms with van der Waals surface area (Å²) in [6.45, 7) is 1.98. The Hall–Kier alpha value is -3.45. The van der Waals surface area contributed by atoms with Gasteiger partial charge < -0.3 is 14.6 Å². The van der Waals surface area contributed by atoms with Crippen molar-refractivity contribution in [2.24, 2.45) is 0 Å². The molecule has 1 N–H and O–H groups in total. The van der Waals surface area contributed by atoms with E-state index in [1.807, 2.05) is 71.6 Å². The molecule has 0 aliphatic rings. The highest BCUT2D eigenvalue weighted by Crippen LogP contribution is 2.26. The molecule has 0 bridgehead atoms. The van der Waals surface area contributed by atoms with Crippen LogP contribution in [0.2, 0.25) is 0 Å². The van der Waals surface area contributed by atoms with Crippen LogP contribution in [0.1, 0.15) is 24.2 Å². The number of nitrogens with zero attached hydrogens (tertiary/aromatic N) is 3. The summed E-state index contributed by atoms with van der Waals surface area (Å²) < 4.78 is 7.13. The van der Waals surface area contributed by atoms with Crippen molar-refractivity contribution in [3.8, 4) is 22.0 Å². The van der Waals surface area contributed by atoms with Gasteiger partial charge in [0, 0.05) is 29.0 Å². The third-order valence-corrected chi connectivity index (χ3v) is 5.74. The van der Waals surface area contributed by atoms with Gasteiger partial charge in [0.1, 0.15) is 10.8 Å². The second-order valence-corrected chi connectivity index (χ2v) is 7.76. The van der Waals surface area contributed by atoms with Crippen molar-refractivity contribution in [2.75, 3.05) is 7.11 Å². The zero-order valence-electron chi connectivity index (χ0n) is 16.8. The lowest BCUT2D eigenvalue weighted by Gasteiger charge is -2.14. The highest BCUT2D eigenvalue weighted by Gasteiger charge is 2.13. The van der Waals surface area contributed by atoms with Gasteiger partial charge in [-0.05, 0) is 48.9 Å². The number of rotatable bonds is 7. The minimum atomic E-state index is -0.0889. The molecule has 2 heterocycles. The number of aromatic nitrogens is 3. The molecule has 1 amide bonds. The number of ether oxygens (including phenoxy) is 1. The van der Waals surface area contributed by atoms with Gasteiger partial charge in [-0.25, -0.2) is 9.97 Å². The number of nitrogens with one attached hydrogen (secondary N) is 1. The van der Waals surface area contributed by atoms with Gasteiger partial charge in [0.05, 0.1) is 31.6 Å². The zero-order valence-corrected chi connectivity index (χ0v) is 17.6. The molecule has 0 unspecified atom stereocenters. The standard InChI is InChI=1S/C23H22N4O2S/c1-16(17-3-7-20(8-4-17)27-12-11-24-15-27)25-22(28)13-19-14-30-23(26-19)18-5-9-21(29-2)10-6-18/h3-12,14-16H,13H2,1-2H3,(H,25,28)/t16-/m1/s1. The van der Waals surface area contributed by atoms with Gasteiger partial charge in [-0.2, -0.15) is 0 Å². The van der Waals surface area contributed by atoms with E-state index in [2.05, 4.69) is 15.3 Å². The Morgan fingerprint density at radius 2 is 1.93 bits per heavy atom. The number of thiazole rings is 1. The van der Waals surface area contributed by atoms with Crippen molar-refractivity contribution >= 4 is 17.2 Å². The van der Waals surface area contributed by atoms with E-state index in [1.54, 1.807) is 19.6 Å². The van der Waals surface area contributed by atoms with E-state index < -0.39 is 0 Å². The first-order valence-corrected chi connectivity index (χ1v) is 10.5. The maximum absolute atomic E-state index is 12.5. The first-order valence-electron chi connectivity index (χ1n) is 9.59. The number of amides is 1. The van der Waals surface area contributed by atoms with E-state index in [4.69, 9.17) is 4.74 Å². The van der Waals surface area contributed by atoms with E-state index in [-0.39, 0.29) is 18.4 Å². The van der Waals surface area contributed by atoms with Gasteiger partial charge in [0.25, 0.3) is 0 Å². The molecule has 0 fully saturated rings. The van der Waals surface area contributed by atoms with Gasteiger partial charge >= 0.3 is 0 Å². The number of hydrogen-bond acceptors (Lipinski definition) is 5. The number of imidazole rings is 1.